The SMILES string of the molecule is CC(=O)Nc1cc(C(=O)NCc2ccc(Cl)cc2)nn1-c1ccccc1. The monoisotopic (exact) mass is 368 g/mol. The van der Waals surface area contributed by atoms with Crippen molar-refractivity contribution in [2.45, 2.75) is 13.5 Å². The Balaban J connectivity index is 1.80. The highest BCUT2D eigenvalue weighted by atomic mass is 35.5. The Morgan fingerprint density at radius 2 is 1.77 bits per heavy atom. The van der Waals surface area contributed by atoms with E-state index in [0.29, 0.717) is 17.4 Å². The molecule has 1 heterocycles. The Kier molecular flexibility index (Phi) is 5.34. The molecule has 0 saturated heterocycles. The molecule has 7 heteroatoms. The molecule has 2 N–H and O–H groups in total. The van der Waals surface area contributed by atoms with Crippen LogP contribution in [0.2, 0.25) is 5.02 Å². The number of anilines is 1. The van der Waals surface area contributed by atoms with Gasteiger partial charge in [0.1, 0.15) is 5.82 Å². The number of rotatable bonds is 5. The molecule has 0 saturated carbocycles. The van der Waals surface area contributed by atoms with Crippen molar-refractivity contribution in [3.63, 3.8) is 0 Å². The van der Waals surface area contributed by atoms with Crippen LogP contribution in [0.1, 0.15) is 23.0 Å². The number of benzene rings is 2. The van der Waals surface area contributed by atoms with Gasteiger partial charge in [-0.15, -0.1) is 0 Å². The number of amides is 2. The summed E-state index contributed by atoms with van der Waals surface area (Å²) in [5.74, 6) is -0.142. The Bertz CT molecular complexity index is 920. The van der Waals surface area contributed by atoms with Crippen LogP contribution >= 0.6 is 11.6 Å². The summed E-state index contributed by atoms with van der Waals surface area (Å²) in [5.41, 5.74) is 1.88. The molecule has 2 amide bonds. The topological polar surface area (TPSA) is 76.0 Å². The third-order valence-electron chi connectivity index (χ3n) is 3.61. The van der Waals surface area contributed by atoms with Gasteiger partial charge in [0.15, 0.2) is 5.69 Å². The molecular weight excluding hydrogens is 352 g/mol. The smallest absolute Gasteiger partial charge is 0.272 e. The molecule has 132 valence electrons. The zero-order chi connectivity index (χ0) is 18.5. The molecule has 0 atom stereocenters. The standard InChI is InChI=1S/C19H17ClN4O2/c1-13(25)22-18-11-17(23-24(18)16-5-3-2-4-6-16)19(26)21-12-14-7-9-15(20)10-8-14/h2-11H,12H2,1H3,(H,21,26)(H,22,25). The quantitative estimate of drug-likeness (QED) is 0.724. The van der Waals surface area contributed by atoms with E-state index >= 15 is 0 Å². The van der Waals surface area contributed by atoms with Gasteiger partial charge in [0.2, 0.25) is 5.91 Å². The van der Waals surface area contributed by atoms with Crippen LogP contribution in [0.15, 0.2) is 60.7 Å². The molecule has 26 heavy (non-hydrogen) atoms. The zero-order valence-electron chi connectivity index (χ0n) is 14.1. The van der Waals surface area contributed by atoms with Crippen molar-refractivity contribution in [1.82, 2.24) is 15.1 Å². The Labute approximate surface area is 155 Å². The predicted molar refractivity (Wildman–Crippen MR) is 100 cm³/mol. The lowest BCUT2D eigenvalue weighted by Gasteiger charge is -2.06. The zero-order valence-corrected chi connectivity index (χ0v) is 14.8. The highest BCUT2D eigenvalue weighted by Crippen LogP contribution is 2.17. The van der Waals surface area contributed by atoms with E-state index in [1.807, 2.05) is 42.5 Å². The third-order valence-corrected chi connectivity index (χ3v) is 3.87. The number of aromatic nitrogens is 2. The molecule has 0 aliphatic rings. The summed E-state index contributed by atoms with van der Waals surface area (Å²) >= 11 is 5.86. The van der Waals surface area contributed by atoms with Crippen molar-refractivity contribution in [2.75, 3.05) is 5.32 Å². The molecule has 0 aliphatic carbocycles. The number of hydrogen-bond acceptors (Lipinski definition) is 3. The van der Waals surface area contributed by atoms with Crippen molar-refractivity contribution in [1.29, 1.82) is 0 Å². The van der Waals surface area contributed by atoms with Gasteiger partial charge in [-0.3, -0.25) is 9.59 Å². The molecule has 0 radical (unpaired) electrons. The average Bonchev–Trinajstić information content (AvgIpc) is 3.05. The Morgan fingerprint density at radius 1 is 1.08 bits per heavy atom. The van der Waals surface area contributed by atoms with Crippen molar-refractivity contribution in [3.05, 3.63) is 76.9 Å². The first-order valence-electron chi connectivity index (χ1n) is 7.98. The van der Waals surface area contributed by atoms with Gasteiger partial charge in [-0.05, 0) is 29.8 Å². The second kappa shape index (κ2) is 7.84. The summed E-state index contributed by atoms with van der Waals surface area (Å²) in [4.78, 5) is 23.9. The number of nitrogens with one attached hydrogen (secondary N) is 2. The number of para-hydroxylation sites is 1. The number of carbonyl (C=O) groups excluding carboxylic acids is 2. The van der Waals surface area contributed by atoms with Crippen LogP contribution in [0.4, 0.5) is 5.82 Å². The molecule has 6 nitrogen and oxygen atoms in total. The molecule has 2 aromatic carbocycles. The van der Waals surface area contributed by atoms with E-state index in [4.69, 9.17) is 11.6 Å². The van der Waals surface area contributed by atoms with Crippen molar-refractivity contribution < 1.29 is 9.59 Å². The maximum absolute atomic E-state index is 12.4. The van der Waals surface area contributed by atoms with Crippen molar-refractivity contribution >= 4 is 29.2 Å². The lowest BCUT2D eigenvalue weighted by Crippen LogP contribution is -2.23. The van der Waals surface area contributed by atoms with Gasteiger partial charge in [0, 0.05) is 24.6 Å². The number of halogens is 1. The number of hydrogen-bond donors (Lipinski definition) is 2. The molecule has 0 aliphatic heterocycles. The largest absolute Gasteiger partial charge is 0.347 e. The Hall–Kier alpha value is -3.12. The first kappa shape index (κ1) is 17.7. The van der Waals surface area contributed by atoms with E-state index < -0.39 is 0 Å². The van der Waals surface area contributed by atoms with E-state index in [1.54, 1.807) is 18.2 Å². The molecule has 1 aromatic heterocycles. The predicted octanol–water partition coefficient (Wildman–Crippen LogP) is 3.41. The molecular formula is C19H17ClN4O2. The van der Waals surface area contributed by atoms with Gasteiger partial charge in [-0.2, -0.15) is 5.10 Å². The van der Waals surface area contributed by atoms with Gasteiger partial charge >= 0.3 is 0 Å². The fourth-order valence-electron chi connectivity index (χ4n) is 2.40. The van der Waals surface area contributed by atoms with Gasteiger partial charge in [0.05, 0.1) is 5.69 Å². The molecule has 0 unspecified atom stereocenters. The summed E-state index contributed by atoms with van der Waals surface area (Å²) in [5, 5.41) is 10.5. The molecule has 0 spiro atoms. The Morgan fingerprint density at radius 3 is 2.42 bits per heavy atom. The molecule has 3 rings (SSSR count). The fourth-order valence-corrected chi connectivity index (χ4v) is 2.53. The van der Waals surface area contributed by atoms with Gasteiger partial charge in [-0.1, -0.05) is 41.9 Å². The average molecular weight is 369 g/mol. The number of carbonyl (C=O) groups is 2. The summed E-state index contributed by atoms with van der Waals surface area (Å²) in [6.45, 7) is 1.76. The van der Waals surface area contributed by atoms with Crippen LogP contribution in [0, 0.1) is 0 Å². The summed E-state index contributed by atoms with van der Waals surface area (Å²) in [6.07, 6.45) is 0. The van der Waals surface area contributed by atoms with Crippen LogP contribution in [-0.2, 0) is 11.3 Å². The van der Waals surface area contributed by atoms with E-state index in [9.17, 15) is 9.59 Å². The van der Waals surface area contributed by atoms with Crippen LogP contribution in [0.5, 0.6) is 0 Å². The van der Waals surface area contributed by atoms with Crippen LogP contribution in [0.3, 0.4) is 0 Å². The first-order valence-corrected chi connectivity index (χ1v) is 8.36. The molecule has 0 bridgehead atoms. The second-order valence-electron chi connectivity index (χ2n) is 5.65. The van der Waals surface area contributed by atoms with E-state index in [0.717, 1.165) is 11.3 Å². The van der Waals surface area contributed by atoms with Gasteiger partial charge in [-0.25, -0.2) is 4.68 Å². The molecule has 3 aromatic rings. The lowest BCUT2D eigenvalue weighted by molar-refractivity contribution is -0.114. The first-order chi connectivity index (χ1) is 12.5. The van der Waals surface area contributed by atoms with Crippen LogP contribution in [0.25, 0.3) is 5.69 Å². The van der Waals surface area contributed by atoms with E-state index in [1.165, 1.54) is 11.6 Å². The van der Waals surface area contributed by atoms with Gasteiger partial charge < -0.3 is 10.6 Å². The highest BCUT2D eigenvalue weighted by Gasteiger charge is 2.16. The maximum Gasteiger partial charge on any atom is 0.272 e. The van der Waals surface area contributed by atoms with Crippen molar-refractivity contribution in [2.24, 2.45) is 0 Å². The maximum atomic E-state index is 12.4. The lowest BCUT2D eigenvalue weighted by atomic mass is 10.2. The van der Waals surface area contributed by atoms with Crippen molar-refractivity contribution in [3.8, 4) is 5.69 Å². The third kappa shape index (κ3) is 4.29. The van der Waals surface area contributed by atoms with E-state index in [-0.39, 0.29) is 17.5 Å². The summed E-state index contributed by atoms with van der Waals surface area (Å²) in [6, 6.07) is 18.0. The summed E-state index contributed by atoms with van der Waals surface area (Å²) in [7, 11) is 0. The minimum Gasteiger partial charge on any atom is -0.347 e. The minimum atomic E-state index is -0.332. The highest BCUT2D eigenvalue weighted by molar-refractivity contribution is 6.30. The van der Waals surface area contributed by atoms with Gasteiger partial charge in [0.25, 0.3) is 5.91 Å². The van der Waals surface area contributed by atoms with Crippen LogP contribution in [-0.4, -0.2) is 21.6 Å². The van der Waals surface area contributed by atoms with Crippen LogP contribution < -0.4 is 10.6 Å². The fraction of sp³-hybridized carbons (Fsp3) is 0.105. The minimum absolute atomic E-state index is 0.214. The summed E-state index contributed by atoms with van der Waals surface area (Å²) < 4.78 is 1.53. The number of nitrogens with zero attached hydrogens (tertiary/aromatic N) is 2. The van der Waals surface area contributed by atoms with E-state index in [2.05, 4.69) is 15.7 Å². The second-order valence-corrected chi connectivity index (χ2v) is 6.09. The molecule has 0 fully saturated rings. The normalized spacial score (nSPS) is 10.4.